The Kier molecular flexibility index (Phi) is 5.38. The molecule has 0 spiro atoms. The molecule has 4 nitrogen and oxygen atoms in total. The predicted octanol–water partition coefficient (Wildman–Crippen LogP) is 2.25. The van der Waals surface area contributed by atoms with Gasteiger partial charge in [-0.15, -0.1) is 0 Å². The normalized spacial score (nSPS) is 14.9. The van der Waals surface area contributed by atoms with Crippen LogP contribution in [0.4, 0.5) is 0 Å². The smallest absolute Gasteiger partial charge is 0.175 e. The molecule has 19 heavy (non-hydrogen) atoms. The molecule has 1 N–H and O–H groups in total. The van der Waals surface area contributed by atoms with E-state index in [9.17, 15) is 8.42 Å². The topological polar surface area (TPSA) is 55.4 Å². The van der Waals surface area contributed by atoms with Crippen molar-refractivity contribution in [3.63, 3.8) is 0 Å². The zero-order valence-corrected chi connectivity index (χ0v) is 12.9. The lowest BCUT2D eigenvalue weighted by atomic mass is 10.0. The molecule has 1 atom stereocenters. The molecule has 0 radical (unpaired) electrons. The van der Waals surface area contributed by atoms with Gasteiger partial charge in [0.15, 0.2) is 9.84 Å². The third-order valence-electron chi connectivity index (χ3n) is 3.11. The lowest BCUT2D eigenvalue weighted by molar-refractivity contribution is 0.0841. The second-order valence-electron chi connectivity index (χ2n) is 4.93. The summed E-state index contributed by atoms with van der Waals surface area (Å²) in [5, 5.41) is 3.27. The molecular formula is C14H23NO3S. The summed E-state index contributed by atoms with van der Waals surface area (Å²) in [6.45, 7) is 7.82. The second kappa shape index (κ2) is 6.39. The van der Waals surface area contributed by atoms with Gasteiger partial charge in [-0.1, -0.05) is 13.8 Å². The van der Waals surface area contributed by atoms with Gasteiger partial charge in [-0.2, -0.15) is 0 Å². The highest BCUT2D eigenvalue weighted by atomic mass is 32.2. The van der Waals surface area contributed by atoms with E-state index >= 15 is 0 Å². The molecule has 0 aliphatic carbocycles. The van der Waals surface area contributed by atoms with E-state index in [1.807, 2.05) is 6.92 Å². The number of nitrogens with one attached hydrogen (secondary N) is 1. The van der Waals surface area contributed by atoms with Crippen LogP contribution in [0.5, 0.6) is 5.75 Å². The van der Waals surface area contributed by atoms with Crippen molar-refractivity contribution < 1.29 is 13.2 Å². The number of sulfone groups is 1. The van der Waals surface area contributed by atoms with Crippen LogP contribution in [0, 0.1) is 0 Å². The van der Waals surface area contributed by atoms with E-state index in [4.69, 9.17) is 4.74 Å². The van der Waals surface area contributed by atoms with Gasteiger partial charge in [0.1, 0.15) is 11.4 Å². The average molecular weight is 285 g/mol. The first-order chi connectivity index (χ1) is 8.80. The van der Waals surface area contributed by atoms with Crippen molar-refractivity contribution in [3.05, 3.63) is 24.3 Å². The fraction of sp³-hybridized carbons (Fsp3) is 0.571. The summed E-state index contributed by atoms with van der Waals surface area (Å²) in [6.07, 6.45) is 2.07. The van der Waals surface area contributed by atoms with E-state index in [-0.39, 0.29) is 5.60 Å². The predicted molar refractivity (Wildman–Crippen MR) is 77.4 cm³/mol. The SMILES string of the molecule is CCNCC(C)(CC)Oc1ccc(S(C)(=O)=O)cc1. The molecule has 5 heteroatoms. The van der Waals surface area contributed by atoms with E-state index in [1.54, 1.807) is 24.3 Å². The van der Waals surface area contributed by atoms with Crippen molar-refractivity contribution in [2.45, 2.75) is 37.7 Å². The Morgan fingerprint density at radius 3 is 2.21 bits per heavy atom. The molecule has 0 amide bonds. The molecule has 0 aliphatic heterocycles. The Balaban J connectivity index is 2.81. The van der Waals surface area contributed by atoms with Crippen LogP contribution in [0.1, 0.15) is 27.2 Å². The zero-order valence-electron chi connectivity index (χ0n) is 12.1. The highest BCUT2D eigenvalue weighted by molar-refractivity contribution is 7.90. The Morgan fingerprint density at radius 1 is 1.21 bits per heavy atom. The van der Waals surface area contributed by atoms with E-state index in [2.05, 4.69) is 19.2 Å². The maximum atomic E-state index is 11.4. The molecular weight excluding hydrogens is 262 g/mol. The van der Waals surface area contributed by atoms with Crippen LogP contribution in [0.25, 0.3) is 0 Å². The van der Waals surface area contributed by atoms with Gasteiger partial charge in [0, 0.05) is 12.8 Å². The van der Waals surface area contributed by atoms with Gasteiger partial charge < -0.3 is 10.1 Å². The minimum Gasteiger partial charge on any atom is -0.486 e. The second-order valence-corrected chi connectivity index (χ2v) is 6.95. The lowest BCUT2D eigenvalue weighted by Crippen LogP contribution is -2.42. The summed E-state index contributed by atoms with van der Waals surface area (Å²) in [5.74, 6) is 0.689. The zero-order chi connectivity index (χ0) is 14.5. The summed E-state index contributed by atoms with van der Waals surface area (Å²) in [4.78, 5) is 0.310. The van der Waals surface area contributed by atoms with Crippen LogP contribution < -0.4 is 10.1 Å². The average Bonchev–Trinajstić information content (AvgIpc) is 2.36. The first-order valence-corrected chi connectivity index (χ1v) is 8.40. The summed E-state index contributed by atoms with van der Waals surface area (Å²) in [7, 11) is -3.15. The van der Waals surface area contributed by atoms with Crippen LogP contribution in [-0.2, 0) is 9.84 Å². The number of hydrogen-bond donors (Lipinski definition) is 1. The molecule has 0 aliphatic rings. The van der Waals surface area contributed by atoms with Crippen LogP contribution in [0.3, 0.4) is 0 Å². The standard InChI is InChI=1S/C14H23NO3S/c1-5-14(3,11-15-6-2)18-12-7-9-13(10-8-12)19(4,16)17/h7-10,15H,5-6,11H2,1-4H3. The Labute approximate surface area is 116 Å². The van der Waals surface area contributed by atoms with Crippen molar-refractivity contribution in [1.29, 1.82) is 0 Å². The molecule has 1 unspecified atom stereocenters. The number of likely N-dealkylation sites (N-methyl/N-ethyl adjacent to an activating group) is 1. The molecule has 108 valence electrons. The fourth-order valence-corrected chi connectivity index (χ4v) is 2.29. The monoisotopic (exact) mass is 285 g/mol. The Morgan fingerprint density at radius 2 is 1.79 bits per heavy atom. The minimum atomic E-state index is -3.15. The first-order valence-electron chi connectivity index (χ1n) is 6.50. The number of ether oxygens (including phenoxy) is 1. The fourth-order valence-electron chi connectivity index (χ4n) is 1.66. The molecule has 0 fully saturated rings. The number of benzene rings is 1. The first kappa shape index (κ1) is 16.0. The quantitative estimate of drug-likeness (QED) is 0.835. The highest BCUT2D eigenvalue weighted by Gasteiger charge is 2.23. The van der Waals surface area contributed by atoms with E-state index in [0.29, 0.717) is 10.6 Å². The summed E-state index contributed by atoms with van der Waals surface area (Å²) in [6, 6.07) is 6.56. The van der Waals surface area contributed by atoms with Gasteiger partial charge in [0.25, 0.3) is 0 Å². The van der Waals surface area contributed by atoms with Crippen LogP contribution in [0.2, 0.25) is 0 Å². The Bertz CT molecular complexity index is 496. The molecule has 0 saturated heterocycles. The molecule has 1 aromatic carbocycles. The van der Waals surface area contributed by atoms with Gasteiger partial charge in [0.05, 0.1) is 4.90 Å². The van der Waals surface area contributed by atoms with Crippen LogP contribution in [-0.4, -0.2) is 33.4 Å². The lowest BCUT2D eigenvalue weighted by Gasteiger charge is -2.30. The summed E-state index contributed by atoms with van der Waals surface area (Å²) >= 11 is 0. The van der Waals surface area contributed by atoms with Gasteiger partial charge in [-0.3, -0.25) is 0 Å². The number of rotatable bonds is 7. The number of hydrogen-bond acceptors (Lipinski definition) is 4. The van der Waals surface area contributed by atoms with E-state index < -0.39 is 9.84 Å². The maximum absolute atomic E-state index is 11.4. The van der Waals surface area contributed by atoms with E-state index in [1.165, 1.54) is 6.26 Å². The highest BCUT2D eigenvalue weighted by Crippen LogP contribution is 2.22. The van der Waals surface area contributed by atoms with Crippen molar-refractivity contribution in [2.75, 3.05) is 19.3 Å². The molecule has 1 aromatic rings. The summed E-state index contributed by atoms with van der Waals surface area (Å²) in [5.41, 5.74) is -0.289. The van der Waals surface area contributed by atoms with Crippen LogP contribution >= 0.6 is 0 Å². The van der Waals surface area contributed by atoms with E-state index in [0.717, 1.165) is 19.5 Å². The molecule has 1 rings (SSSR count). The third-order valence-corrected chi connectivity index (χ3v) is 4.24. The van der Waals surface area contributed by atoms with Crippen molar-refractivity contribution in [1.82, 2.24) is 5.32 Å². The Hall–Kier alpha value is -1.07. The van der Waals surface area contributed by atoms with Gasteiger partial charge >= 0.3 is 0 Å². The molecule has 0 aromatic heterocycles. The largest absolute Gasteiger partial charge is 0.486 e. The molecule has 0 bridgehead atoms. The van der Waals surface area contributed by atoms with Crippen LogP contribution in [0.15, 0.2) is 29.2 Å². The molecule has 0 heterocycles. The maximum Gasteiger partial charge on any atom is 0.175 e. The van der Waals surface area contributed by atoms with Crippen molar-refractivity contribution in [2.24, 2.45) is 0 Å². The third kappa shape index (κ3) is 4.84. The van der Waals surface area contributed by atoms with Crippen molar-refractivity contribution >= 4 is 9.84 Å². The minimum absolute atomic E-state index is 0.289. The van der Waals surface area contributed by atoms with Gasteiger partial charge in [-0.25, -0.2) is 8.42 Å². The van der Waals surface area contributed by atoms with Gasteiger partial charge in [-0.05, 0) is 44.2 Å². The van der Waals surface area contributed by atoms with Crippen molar-refractivity contribution in [3.8, 4) is 5.75 Å². The summed E-state index contributed by atoms with van der Waals surface area (Å²) < 4.78 is 28.7. The molecule has 0 saturated carbocycles. The van der Waals surface area contributed by atoms with Gasteiger partial charge in [0.2, 0.25) is 0 Å².